The topological polar surface area (TPSA) is 21.3 Å². The highest BCUT2D eigenvalue weighted by atomic mass is 79.9. The molecule has 1 fully saturated rings. The molecule has 1 saturated carbocycles. The highest BCUT2D eigenvalue weighted by molar-refractivity contribution is 9.10. The lowest BCUT2D eigenvalue weighted by atomic mass is 10.2. The first-order chi connectivity index (χ1) is 10.1. The summed E-state index contributed by atoms with van der Waals surface area (Å²) in [5.74, 6) is -0.311. The van der Waals surface area contributed by atoms with Crippen LogP contribution in [0.25, 0.3) is 0 Å². The number of hydrogen-bond donors (Lipinski definition) is 1. The zero-order valence-corrected chi connectivity index (χ0v) is 12.8. The van der Waals surface area contributed by atoms with Gasteiger partial charge in [0.2, 0.25) is 0 Å². The molecule has 1 aliphatic rings. The molecule has 1 N–H and O–H groups in total. The minimum Gasteiger partial charge on any atom is -0.453 e. The molecule has 1 aliphatic carbocycles. The third-order valence-corrected chi connectivity index (χ3v) is 3.90. The van der Waals surface area contributed by atoms with Crippen LogP contribution in [-0.4, -0.2) is 6.04 Å². The van der Waals surface area contributed by atoms with E-state index in [1.54, 1.807) is 6.07 Å². The van der Waals surface area contributed by atoms with Gasteiger partial charge in [-0.2, -0.15) is 0 Å². The largest absolute Gasteiger partial charge is 0.453 e. The van der Waals surface area contributed by atoms with Crippen LogP contribution in [0.5, 0.6) is 11.5 Å². The van der Waals surface area contributed by atoms with Gasteiger partial charge in [0.25, 0.3) is 0 Å². The summed E-state index contributed by atoms with van der Waals surface area (Å²) >= 11 is 3.19. The molecule has 0 amide bonds. The molecular formula is C16H14BrF2NO. The van der Waals surface area contributed by atoms with Crippen LogP contribution in [0.2, 0.25) is 0 Å². The number of ether oxygens (including phenoxy) is 1. The molecule has 0 heterocycles. The molecule has 5 heteroatoms. The van der Waals surface area contributed by atoms with Crippen molar-refractivity contribution in [2.75, 3.05) is 0 Å². The Kier molecular flexibility index (Phi) is 4.22. The molecule has 2 aromatic rings. The summed E-state index contributed by atoms with van der Waals surface area (Å²) < 4.78 is 33.0. The van der Waals surface area contributed by atoms with E-state index in [2.05, 4.69) is 21.2 Å². The lowest BCUT2D eigenvalue weighted by Gasteiger charge is -2.10. The van der Waals surface area contributed by atoms with Crippen LogP contribution >= 0.6 is 15.9 Å². The third-order valence-electron chi connectivity index (χ3n) is 3.28. The number of hydrogen-bond acceptors (Lipinski definition) is 2. The Morgan fingerprint density at radius 1 is 1.10 bits per heavy atom. The van der Waals surface area contributed by atoms with Crippen molar-refractivity contribution in [3.8, 4) is 11.5 Å². The maximum atomic E-state index is 14.0. The number of halogens is 3. The van der Waals surface area contributed by atoms with E-state index in [0.717, 1.165) is 5.56 Å². The van der Waals surface area contributed by atoms with Gasteiger partial charge in [0.05, 0.1) is 4.47 Å². The van der Waals surface area contributed by atoms with E-state index in [1.165, 1.54) is 37.1 Å². The second-order valence-electron chi connectivity index (χ2n) is 5.10. The van der Waals surface area contributed by atoms with Gasteiger partial charge in [0, 0.05) is 12.6 Å². The van der Waals surface area contributed by atoms with Crippen LogP contribution in [0.15, 0.2) is 40.9 Å². The quantitative estimate of drug-likeness (QED) is 0.835. The first-order valence-electron chi connectivity index (χ1n) is 6.76. The van der Waals surface area contributed by atoms with Crippen LogP contribution in [0, 0.1) is 11.6 Å². The highest BCUT2D eigenvalue weighted by Gasteiger charge is 2.20. The molecule has 0 unspecified atom stereocenters. The van der Waals surface area contributed by atoms with E-state index in [0.29, 0.717) is 22.8 Å². The van der Waals surface area contributed by atoms with E-state index in [9.17, 15) is 8.78 Å². The van der Waals surface area contributed by atoms with E-state index >= 15 is 0 Å². The van der Waals surface area contributed by atoms with Crippen molar-refractivity contribution in [2.45, 2.75) is 25.4 Å². The van der Waals surface area contributed by atoms with Crippen LogP contribution in [0.3, 0.4) is 0 Å². The van der Waals surface area contributed by atoms with Gasteiger partial charge in [-0.15, -0.1) is 0 Å². The standard InChI is InChI=1S/C16H14BrF2NO/c17-13-8-11(18)2-6-15(13)21-16-5-1-10(7-14(16)19)9-20-12-3-4-12/h1-2,5-8,12,20H,3-4,9H2. The van der Waals surface area contributed by atoms with Crippen molar-refractivity contribution in [1.82, 2.24) is 5.32 Å². The number of nitrogens with one attached hydrogen (secondary N) is 1. The summed E-state index contributed by atoms with van der Waals surface area (Å²) in [6.07, 6.45) is 2.39. The predicted octanol–water partition coefficient (Wildman–Crippen LogP) is 4.77. The summed E-state index contributed by atoms with van der Waals surface area (Å²) in [7, 11) is 0. The second-order valence-corrected chi connectivity index (χ2v) is 5.95. The molecule has 0 saturated heterocycles. The SMILES string of the molecule is Fc1ccc(Oc2ccc(CNC3CC3)cc2F)c(Br)c1. The van der Waals surface area contributed by atoms with Gasteiger partial charge in [-0.3, -0.25) is 0 Å². The minimum atomic E-state index is -0.429. The first-order valence-corrected chi connectivity index (χ1v) is 7.56. The normalized spacial score (nSPS) is 14.2. The molecule has 110 valence electrons. The average molecular weight is 354 g/mol. The van der Waals surface area contributed by atoms with E-state index < -0.39 is 5.82 Å². The van der Waals surface area contributed by atoms with Gasteiger partial charge >= 0.3 is 0 Å². The monoisotopic (exact) mass is 353 g/mol. The molecule has 0 aromatic heterocycles. The van der Waals surface area contributed by atoms with E-state index in [-0.39, 0.29) is 11.6 Å². The van der Waals surface area contributed by atoms with Crippen molar-refractivity contribution >= 4 is 15.9 Å². The van der Waals surface area contributed by atoms with Crippen LogP contribution in [-0.2, 0) is 6.54 Å². The smallest absolute Gasteiger partial charge is 0.166 e. The summed E-state index contributed by atoms with van der Waals surface area (Å²) in [5, 5.41) is 3.33. The average Bonchev–Trinajstić information content (AvgIpc) is 3.26. The third kappa shape index (κ3) is 3.80. The fourth-order valence-electron chi connectivity index (χ4n) is 1.96. The Balaban J connectivity index is 1.72. The fourth-order valence-corrected chi connectivity index (χ4v) is 2.39. The van der Waals surface area contributed by atoms with Crippen molar-refractivity contribution < 1.29 is 13.5 Å². The van der Waals surface area contributed by atoms with Crippen molar-refractivity contribution in [3.63, 3.8) is 0 Å². The summed E-state index contributed by atoms with van der Waals surface area (Å²) in [6, 6.07) is 9.47. The number of rotatable bonds is 5. The molecule has 0 radical (unpaired) electrons. The van der Waals surface area contributed by atoms with Crippen molar-refractivity contribution in [3.05, 3.63) is 58.1 Å². The zero-order chi connectivity index (χ0) is 14.8. The Morgan fingerprint density at radius 3 is 2.52 bits per heavy atom. The second kappa shape index (κ2) is 6.12. The molecule has 0 aliphatic heterocycles. The lowest BCUT2D eigenvalue weighted by molar-refractivity contribution is 0.438. The van der Waals surface area contributed by atoms with Crippen LogP contribution < -0.4 is 10.1 Å². The lowest BCUT2D eigenvalue weighted by Crippen LogP contribution is -2.15. The van der Waals surface area contributed by atoms with Gasteiger partial charge in [-0.1, -0.05) is 6.07 Å². The fraction of sp³-hybridized carbons (Fsp3) is 0.250. The van der Waals surface area contributed by atoms with Crippen molar-refractivity contribution in [2.24, 2.45) is 0 Å². The van der Waals surface area contributed by atoms with Crippen molar-refractivity contribution in [1.29, 1.82) is 0 Å². The van der Waals surface area contributed by atoms with Crippen LogP contribution in [0.1, 0.15) is 18.4 Å². The molecule has 2 aromatic carbocycles. The molecule has 3 rings (SSSR count). The molecule has 0 bridgehead atoms. The Hall–Kier alpha value is -1.46. The molecule has 0 atom stereocenters. The predicted molar refractivity (Wildman–Crippen MR) is 80.4 cm³/mol. The van der Waals surface area contributed by atoms with E-state index in [4.69, 9.17) is 4.74 Å². The molecule has 21 heavy (non-hydrogen) atoms. The minimum absolute atomic E-state index is 0.123. The maximum Gasteiger partial charge on any atom is 0.166 e. The zero-order valence-electron chi connectivity index (χ0n) is 11.2. The van der Waals surface area contributed by atoms with E-state index in [1.807, 2.05) is 6.07 Å². The number of benzene rings is 2. The highest BCUT2D eigenvalue weighted by Crippen LogP contribution is 2.32. The Morgan fingerprint density at radius 2 is 1.86 bits per heavy atom. The van der Waals surface area contributed by atoms with Gasteiger partial charge < -0.3 is 10.1 Å². The van der Waals surface area contributed by atoms with Gasteiger partial charge in [0.1, 0.15) is 11.6 Å². The molecule has 2 nitrogen and oxygen atoms in total. The molecule has 0 spiro atoms. The Bertz CT molecular complexity index is 659. The molecular weight excluding hydrogens is 340 g/mol. The van der Waals surface area contributed by atoms with Gasteiger partial charge in [0.15, 0.2) is 11.6 Å². The van der Waals surface area contributed by atoms with Crippen LogP contribution in [0.4, 0.5) is 8.78 Å². The summed E-state index contributed by atoms with van der Waals surface area (Å²) in [4.78, 5) is 0. The first kappa shape index (κ1) is 14.5. The maximum absolute atomic E-state index is 14.0. The summed E-state index contributed by atoms with van der Waals surface area (Å²) in [6.45, 7) is 0.655. The Labute approximate surface area is 130 Å². The van der Waals surface area contributed by atoms with Gasteiger partial charge in [-0.25, -0.2) is 8.78 Å². The van der Waals surface area contributed by atoms with Gasteiger partial charge in [-0.05, 0) is 64.7 Å². The summed E-state index contributed by atoms with van der Waals surface area (Å²) in [5.41, 5.74) is 0.880.